The largest absolute Gasteiger partial charge is 0.492 e. The van der Waals surface area contributed by atoms with Crippen LogP contribution < -0.4 is 14.9 Å². The topological polar surface area (TPSA) is 146 Å². The van der Waals surface area contributed by atoms with Crippen molar-refractivity contribution < 1.29 is 24.1 Å². The molecule has 0 heterocycles. The second-order valence-corrected chi connectivity index (χ2v) is 5.52. The third-order valence-corrected chi connectivity index (χ3v) is 3.64. The van der Waals surface area contributed by atoms with Crippen LogP contribution in [0.25, 0.3) is 0 Å². The van der Waals surface area contributed by atoms with Gasteiger partial charge in [-0.2, -0.15) is 5.10 Å². The van der Waals surface area contributed by atoms with E-state index in [0.29, 0.717) is 16.7 Å². The number of methoxy groups -OCH3 is 1. The average molecular weight is 409 g/mol. The summed E-state index contributed by atoms with van der Waals surface area (Å²) in [6.07, 6.45) is 1.31. The maximum absolute atomic E-state index is 11.8. The van der Waals surface area contributed by atoms with Gasteiger partial charge in [0, 0.05) is 10.6 Å². The Kier molecular flexibility index (Phi) is 6.82. The number of hydrogen-bond donors (Lipinski definition) is 1. The number of amides is 1. The Morgan fingerprint density at radius 3 is 2.57 bits per heavy atom. The molecule has 11 nitrogen and oxygen atoms in total. The van der Waals surface area contributed by atoms with E-state index in [1.54, 1.807) is 24.3 Å². The van der Waals surface area contributed by atoms with E-state index in [-0.39, 0.29) is 5.75 Å². The van der Waals surface area contributed by atoms with Crippen LogP contribution in [0.3, 0.4) is 0 Å². The third kappa shape index (κ3) is 5.14. The molecule has 0 saturated carbocycles. The molecule has 0 unspecified atom stereocenters. The molecule has 2 rings (SSSR count). The van der Waals surface area contributed by atoms with Crippen LogP contribution in [0.2, 0.25) is 5.02 Å². The molecule has 0 bridgehead atoms. The molecule has 146 valence electrons. The SMILES string of the molecule is COc1cc([N+](=O)[O-])cc([N+](=O)[O-])c1OCC(=O)N/N=C\c1ccccc1Cl. The van der Waals surface area contributed by atoms with Crippen molar-refractivity contribution in [1.29, 1.82) is 0 Å². The lowest BCUT2D eigenvalue weighted by atomic mass is 10.2. The Balaban J connectivity index is 2.10. The molecule has 0 radical (unpaired) electrons. The maximum Gasteiger partial charge on any atom is 0.321 e. The Labute approximate surface area is 162 Å². The Morgan fingerprint density at radius 2 is 1.96 bits per heavy atom. The summed E-state index contributed by atoms with van der Waals surface area (Å²) in [5.41, 5.74) is 1.48. The first-order chi connectivity index (χ1) is 13.3. The molecule has 0 spiro atoms. The van der Waals surface area contributed by atoms with Crippen molar-refractivity contribution in [2.75, 3.05) is 13.7 Å². The number of halogens is 1. The molecule has 0 fully saturated rings. The van der Waals surface area contributed by atoms with Crippen LogP contribution in [-0.2, 0) is 4.79 Å². The van der Waals surface area contributed by atoms with E-state index in [1.165, 1.54) is 6.21 Å². The summed E-state index contributed by atoms with van der Waals surface area (Å²) in [6, 6.07) is 8.46. The van der Waals surface area contributed by atoms with Gasteiger partial charge in [0.15, 0.2) is 12.4 Å². The number of non-ortho nitro benzene ring substituents is 1. The number of nitrogens with zero attached hydrogens (tertiary/aromatic N) is 3. The van der Waals surface area contributed by atoms with E-state index < -0.39 is 39.5 Å². The van der Waals surface area contributed by atoms with Crippen LogP contribution in [0, 0.1) is 20.2 Å². The van der Waals surface area contributed by atoms with E-state index in [0.717, 1.165) is 13.2 Å². The Morgan fingerprint density at radius 1 is 1.25 bits per heavy atom. The first-order valence-corrected chi connectivity index (χ1v) is 7.91. The average Bonchev–Trinajstić information content (AvgIpc) is 2.66. The summed E-state index contributed by atoms with van der Waals surface area (Å²) >= 11 is 5.94. The number of carbonyl (C=O) groups is 1. The summed E-state index contributed by atoms with van der Waals surface area (Å²) in [6.45, 7) is -0.644. The smallest absolute Gasteiger partial charge is 0.321 e. The zero-order valence-electron chi connectivity index (χ0n) is 14.3. The standard InChI is InChI=1S/C16H13ClN4O7/c1-27-14-7-11(20(23)24)6-13(21(25)26)16(14)28-9-15(22)19-18-8-10-4-2-3-5-12(10)17/h2-8H,9H2,1H3,(H,19,22)/b18-8-. The zero-order chi connectivity index (χ0) is 20.7. The van der Waals surface area contributed by atoms with Crippen molar-refractivity contribution in [1.82, 2.24) is 5.43 Å². The molecular weight excluding hydrogens is 396 g/mol. The number of nitro groups is 2. The van der Waals surface area contributed by atoms with Crippen LogP contribution in [-0.4, -0.2) is 35.7 Å². The van der Waals surface area contributed by atoms with Crippen LogP contribution in [0.4, 0.5) is 11.4 Å². The van der Waals surface area contributed by atoms with Crippen molar-refractivity contribution in [3.05, 3.63) is 67.2 Å². The first kappa shape index (κ1) is 20.6. The lowest BCUT2D eigenvalue weighted by Gasteiger charge is -2.10. The normalized spacial score (nSPS) is 10.5. The highest BCUT2D eigenvalue weighted by Crippen LogP contribution is 2.40. The van der Waals surface area contributed by atoms with Gasteiger partial charge >= 0.3 is 5.69 Å². The summed E-state index contributed by atoms with van der Waals surface area (Å²) < 4.78 is 10.0. The second kappa shape index (κ2) is 9.28. The predicted octanol–water partition coefficient (Wildman–Crippen LogP) is 2.69. The van der Waals surface area contributed by atoms with Crippen LogP contribution in [0.5, 0.6) is 11.5 Å². The van der Waals surface area contributed by atoms with Gasteiger partial charge in [0.05, 0.1) is 35.3 Å². The van der Waals surface area contributed by atoms with Gasteiger partial charge in [-0.25, -0.2) is 5.43 Å². The van der Waals surface area contributed by atoms with E-state index >= 15 is 0 Å². The van der Waals surface area contributed by atoms with Crippen LogP contribution in [0.1, 0.15) is 5.56 Å². The number of nitrogens with one attached hydrogen (secondary N) is 1. The lowest BCUT2D eigenvalue weighted by Crippen LogP contribution is -2.25. The van der Waals surface area contributed by atoms with E-state index in [1.807, 2.05) is 0 Å². The number of hydrogen-bond acceptors (Lipinski definition) is 8. The molecule has 1 amide bonds. The van der Waals surface area contributed by atoms with Crippen molar-refractivity contribution in [2.45, 2.75) is 0 Å². The fraction of sp³-hybridized carbons (Fsp3) is 0.125. The lowest BCUT2D eigenvalue weighted by molar-refractivity contribution is -0.394. The third-order valence-electron chi connectivity index (χ3n) is 3.29. The van der Waals surface area contributed by atoms with Gasteiger partial charge in [-0.05, 0) is 6.07 Å². The number of carbonyl (C=O) groups excluding carboxylic acids is 1. The highest BCUT2D eigenvalue weighted by Gasteiger charge is 2.27. The maximum atomic E-state index is 11.8. The molecule has 0 aliphatic heterocycles. The number of nitro benzene ring substituents is 2. The Hall–Kier alpha value is -3.73. The van der Waals surface area contributed by atoms with Gasteiger partial charge < -0.3 is 9.47 Å². The molecule has 2 aromatic carbocycles. The van der Waals surface area contributed by atoms with Gasteiger partial charge in [-0.3, -0.25) is 25.0 Å². The number of rotatable bonds is 8. The molecule has 0 atom stereocenters. The highest BCUT2D eigenvalue weighted by atomic mass is 35.5. The van der Waals surface area contributed by atoms with Gasteiger partial charge in [0.25, 0.3) is 11.6 Å². The molecule has 1 N–H and O–H groups in total. The van der Waals surface area contributed by atoms with Crippen molar-refractivity contribution in [2.24, 2.45) is 5.10 Å². The van der Waals surface area contributed by atoms with E-state index in [9.17, 15) is 25.0 Å². The van der Waals surface area contributed by atoms with Crippen molar-refractivity contribution >= 4 is 35.1 Å². The van der Waals surface area contributed by atoms with Crippen molar-refractivity contribution in [3.8, 4) is 11.5 Å². The predicted molar refractivity (Wildman–Crippen MR) is 99.0 cm³/mol. The summed E-state index contributed by atoms with van der Waals surface area (Å²) in [5, 5.41) is 26.2. The van der Waals surface area contributed by atoms with Gasteiger partial charge in [0.2, 0.25) is 5.75 Å². The highest BCUT2D eigenvalue weighted by molar-refractivity contribution is 6.33. The van der Waals surface area contributed by atoms with Gasteiger partial charge in [0.1, 0.15) is 0 Å². The minimum Gasteiger partial charge on any atom is -0.492 e. The molecule has 0 saturated heterocycles. The molecule has 0 aliphatic carbocycles. The number of ether oxygens (including phenoxy) is 2. The van der Waals surface area contributed by atoms with Crippen LogP contribution in [0.15, 0.2) is 41.5 Å². The monoisotopic (exact) mass is 408 g/mol. The zero-order valence-corrected chi connectivity index (χ0v) is 15.1. The summed E-state index contributed by atoms with van der Waals surface area (Å²) in [5.74, 6) is -1.39. The quantitative estimate of drug-likeness (QED) is 0.401. The minimum absolute atomic E-state index is 0.256. The Bertz CT molecular complexity index is 949. The van der Waals surface area contributed by atoms with Gasteiger partial charge in [-0.1, -0.05) is 29.8 Å². The molecule has 28 heavy (non-hydrogen) atoms. The molecule has 2 aromatic rings. The van der Waals surface area contributed by atoms with Gasteiger partial charge in [-0.15, -0.1) is 0 Å². The second-order valence-electron chi connectivity index (χ2n) is 5.11. The number of hydrazone groups is 1. The fourth-order valence-corrected chi connectivity index (χ4v) is 2.22. The number of benzene rings is 2. The molecule has 0 aliphatic rings. The van der Waals surface area contributed by atoms with E-state index in [2.05, 4.69) is 10.5 Å². The molecule has 0 aromatic heterocycles. The molecular formula is C16H13ClN4O7. The minimum atomic E-state index is -0.877. The summed E-state index contributed by atoms with van der Waals surface area (Å²) in [7, 11) is 1.16. The molecule has 12 heteroatoms. The summed E-state index contributed by atoms with van der Waals surface area (Å²) in [4.78, 5) is 32.2. The van der Waals surface area contributed by atoms with E-state index in [4.69, 9.17) is 21.1 Å². The first-order valence-electron chi connectivity index (χ1n) is 7.53. The fourth-order valence-electron chi connectivity index (χ4n) is 2.03. The van der Waals surface area contributed by atoms with Crippen molar-refractivity contribution in [3.63, 3.8) is 0 Å². The van der Waals surface area contributed by atoms with Crippen LogP contribution >= 0.6 is 11.6 Å².